The molecular formula is C11H11ClN2O2S2. The van der Waals surface area contributed by atoms with Crippen LogP contribution >= 0.6 is 22.9 Å². The number of anilines is 2. The van der Waals surface area contributed by atoms with Crippen molar-refractivity contribution in [3.05, 3.63) is 40.2 Å². The average molecular weight is 303 g/mol. The first-order chi connectivity index (χ1) is 8.38. The lowest BCUT2D eigenvalue weighted by atomic mass is 10.2. The maximum absolute atomic E-state index is 12.1. The summed E-state index contributed by atoms with van der Waals surface area (Å²) < 4.78 is 26.7. The Morgan fingerprint density at radius 3 is 2.67 bits per heavy atom. The van der Waals surface area contributed by atoms with E-state index in [-0.39, 0.29) is 4.21 Å². The van der Waals surface area contributed by atoms with Gasteiger partial charge in [-0.2, -0.15) is 0 Å². The van der Waals surface area contributed by atoms with E-state index in [0.29, 0.717) is 16.4 Å². The Balaban J connectivity index is 2.36. The lowest BCUT2D eigenvalue weighted by Gasteiger charge is -2.08. The molecule has 1 aromatic heterocycles. The summed E-state index contributed by atoms with van der Waals surface area (Å²) in [6.07, 6.45) is 0. The first-order valence-corrected chi connectivity index (χ1v) is 7.75. The molecule has 18 heavy (non-hydrogen) atoms. The molecule has 0 amide bonds. The van der Waals surface area contributed by atoms with Crippen molar-refractivity contribution in [1.82, 2.24) is 0 Å². The number of rotatable bonds is 3. The number of hydrogen-bond donors (Lipinski definition) is 2. The average Bonchev–Trinajstić information content (AvgIpc) is 2.71. The smallest absolute Gasteiger partial charge is 0.271 e. The predicted octanol–water partition coefficient (Wildman–Crippen LogP) is 3.09. The Morgan fingerprint density at radius 1 is 1.33 bits per heavy atom. The molecule has 3 N–H and O–H groups in total. The largest absolute Gasteiger partial charge is 0.398 e. The molecule has 2 rings (SSSR count). The summed E-state index contributed by atoms with van der Waals surface area (Å²) in [6.45, 7) is 1.86. The van der Waals surface area contributed by atoms with Crippen LogP contribution in [0, 0.1) is 6.92 Å². The molecule has 0 unspecified atom stereocenters. The number of thiophene rings is 1. The van der Waals surface area contributed by atoms with E-state index >= 15 is 0 Å². The van der Waals surface area contributed by atoms with Gasteiger partial charge in [0.15, 0.2) is 0 Å². The van der Waals surface area contributed by atoms with E-state index in [0.717, 1.165) is 16.9 Å². The summed E-state index contributed by atoms with van der Waals surface area (Å²) in [5.41, 5.74) is 7.23. The maximum atomic E-state index is 12.1. The van der Waals surface area contributed by atoms with Gasteiger partial charge < -0.3 is 5.73 Å². The highest BCUT2D eigenvalue weighted by atomic mass is 35.5. The van der Waals surface area contributed by atoms with Gasteiger partial charge >= 0.3 is 0 Å². The summed E-state index contributed by atoms with van der Waals surface area (Å²) in [4.78, 5) is 0. The van der Waals surface area contributed by atoms with E-state index in [1.54, 1.807) is 17.5 Å². The van der Waals surface area contributed by atoms with Crippen molar-refractivity contribution in [1.29, 1.82) is 0 Å². The number of nitrogen functional groups attached to an aromatic ring is 1. The Hall–Kier alpha value is -1.24. The van der Waals surface area contributed by atoms with E-state index in [1.807, 2.05) is 13.0 Å². The minimum atomic E-state index is -3.63. The number of hydrogen-bond acceptors (Lipinski definition) is 4. The minimum Gasteiger partial charge on any atom is -0.398 e. The third kappa shape index (κ3) is 2.77. The van der Waals surface area contributed by atoms with Crippen molar-refractivity contribution >= 4 is 44.3 Å². The van der Waals surface area contributed by atoms with Gasteiger partial charge in [0.25, 0.3) is 10.0 Å². The lowest BCUT2D eigenvalue weighted by Crippen LogP contribution is -2.11. The van der Waals surface area contributed by atoms with Crippen LogP contribution in [0.5, 0.6) is 0 Å². The first-order valence-electron chi connectivity index (χ1n) is 5.01. The van der Waals surface area contributed by atoms with Crippen molar-refractivity contribution in [3.63, 3.8) is 0 Å². The molecule has 2 aromatic rings. The molecule has 0 aliphatic carbocycles. The fourth-order valence-electron chi connectivity index (χ4n) is 1.38. The molecule has 0 fully saturated rings. The highest BCUT2D eigenvalue weighted by Gasteiger charge is 2.17. The number of halogens is 1. The zero-order chi connectivity index (χ0) is 13.3. The molecular weight excluding hydrogens is 292 g/mol. The van der Waals surface area contributed by atoms with Gasteiger partial charge in [-0.25, -0.2) is 8.42 Å². The molecule has 0 radical (unpaired) electrons. The Morgan fingerprint density at radius 2 is 2.06 bits per heavy atom. The fraction of sp³-hybridized carbons (Fsp3) is 0.0909. The van der Waals surface area contributed by atoms with Crippen molar-refractivity contribution in [2.45, 2.75) is 11.1 Å². The van der Waals surface area contributed by atoms with Crippen LogP contribution in [0.3, 0.4) is 0 Å². The molecule has 0 bridgehead atoms. The molecule has 1 heterocycles. The molecule has 0 spiro atoms. The Bertz CT molecular complexity index is 680. The molecule has 4 nitrogen and oxygen atoms in total. The van der Waals surface area contributed by atoms with Crippen LogP contribution in [0.15, 0.2) is 33.9 Å². The number of aryl methyl sites for hydroxylation is 1. The molecule has 0 saturated carbocycles. The Kier molecular flexibility index (Phi) is 3.52. The molecule has 7 heteroatoms. The van der Waals surface area contributed by atoms with E-state index in [9.17, 15) is 8.42 Å². The summed E-state index contributed by atoms with van der Waals surface area (Å²) in [5, 5.41) is 1.93. The quantitative estimate of drug-likeness (QED) is 0.915. The standard InChI is InChI=1S/C11H11ClN2O2S2/c1-7-2-3-9(12)10(4-7)14-18(15,16)11-5-8(13)6-17-11/h2-6,14H,13H2,1H3. The van der Waals surface area contributed by atoms with E-state index < -0.39 is 10.0 Å². The van der Waals surface area contributed by atoms with Gasteiger partial charge in [-0.3, -0.25) is 4.72 Å². The zero-order valence-electron chi connectivity index (χ0n) is 9.48. The normalized spacial score (nSPS) is 11.4. The van der Waals surface area contributed by atoms with Gasteiger partial charge in [0.2, 0.25) is 0 Å². The molecule has 1 aromatic carbocycles. The van der Waals surface area contributed by atoms with Crippen LogP contribution < -0.4 is 10.5 Å². The van der Waals surface area contributed by atoms with Crippen LogP contribution in [0.25, 0.3) is 0 Å². The third-order valence-electron chi connectivity index (χ3n) is 2.23. The van der Waals surface area contributed by atoms with Crippen molar-refractivity contribution in [2.24, 2.45) is 0 Å². The molecule has 0 atom stereocenters. The lowest BCUT2D eigenvalue weighted by molar-refractivity contribution is 0.603. The van der Waals surface area contributed by atoms with E-state index in [1.165, 1.54) is 6.07 Å². The molecule has 96 valence electrons. The van der Waals surface area contributed by atoms with E-state index in [4.69, 9.17) is 17.3 Å². The number of benzene rings is 1. The van der Waals surface area contributed by atoms with Gasteiger partial charge in [-0.05, 0) is 30.7 Å². The highest BCUT2D eigenvalue weighted by molar-refractivity contribution is 7.94. The Labute approximate surface area is 114 Å². The van der Waals surface area contributed by atoms with Gasteiger partial charge in [-0.15, -0.1) is 11.3 Å². The number of nitrogens with one attached hydrogen (secondary N) is 1. The monoisotopic (exact) mass is 302 g/mol. The second-order valence-electron chi connectivity index (χ2n) is 3.79. The SMILES string of the molecule is Cc1ccc(Cl)c(NS(=O)(=O)c2cc(N)cs2)c1. The number of sulfonamides is 1. The second-order valence-corrected chi connectivity index (χ2v) is 7.02. The van der Waals surface area contributed by atoms with Gasteiger partial charge in [0.1, 0.15) is 4.21 Å². The van der Waals surface area contributed by atoms with Crippen LogP contribution in [0.1, 0.15) is 5.56 Å². The van der Waals surface area contributed by atoms with Crippen LogP contribution in [-0.2, 0) is 10.0 Å². The van der Waals surface area contributed by atoms with Crippen molar-refractivity contribution in [3.8, 4) is 0 Å². The topological polar surface area (TPSA) is 72.2 Å². The highest BCUT2D eigenvalue weighted by Crippen LogP contribution is 2.28. The maximum Gasteiger partial charge on any atom is 0.271 e. The fourth-order valence-corrected chi connectivity index (χ4v) is 3.76. The molecule has 0 aliphatic rings. The summed E-state index contributed by atoms with van der Waals surface area (Å²) in [5.74, 6) is 0. The number of nitrogens with two attached hydrogens (primary N) is 1. The van der Waals surface area contributed by atoms with Gasteiger partial charge in [0, 0.05) is 11.1 Å². The summed E-state index contributed by atoms with van der Waals surface area (Å²) in [7, 11) is -3.63. The molecule has 0 aliphatic heterocycles. The van der Waals surface area contributed by atoms with Crippen LogP contribution in [0.4, 0.5) is 11.4 Å². The van der Waals surface area contributed by atoms with Crippen LogP contribution in [-0.4, -0.2) is 8.42 Å². The van der Waals surface area contributed by atoms with Gasteiger partial charge in [-0.1, -0.05) is 17.7 Å². The minimum absolute atomic E-state index is 0.164. The first kappa shape index (κ1) is 13.2. The summed E-state index contributed by atoms with van der Waals surface area (Å²) >= 11 is 7.01. The zero-order valence-corrected chi connectivity index (χ0v) is 11.9. The summed E-state index contributed by atoms with van der Waals surface area (Å²) in [6, 6.07) is 6.55. The predicted molar refractivity (Wildman–Crippen MR) is 75.7 cm³/mol. The molecule has 0 saturated heterocycles. The van der Waals surface area contributed by atoms with E-state index in [2.05, 4.69) is 4.72 Å². The van der Waals surface area contributed by atoms with Crippen molar-refractivity contribution in [2.75, 3.05) is 10.5 Å². The third-order valence-corrected chi connectivity index (χ3v) is 5.38. The van der Waals surface area contributed by atoms with Crippen molar-refractivity contribution < 1.29 is 8.42 Å². The van der Waals surface area contributed by atoms with Crippen LogP contribution in [0.2, 0.25) is 5.02 Å². The second kappa shape index (κ2) is 4.79. The van der Waals surface area contributed by atoms with Gasteiger partial charge in [0.05, 0.1) is 10.7 Å².